The van der Waals surface area contributed by atoms with Crippen molar-refractivity contribution in [3.63, 3.8) is 0 Å². The number of aromatic nitrogens is 2. The first-order valence-electron chi connectivity index (χ1n) is 2.31. The van der Waals surface area contributed by atoms with Gasteiger partial charge in [-0.3, -0.25) is 0 Å². The standard InChI is InChI=1S/C4H7N3S/c1-3-4(5-2)7-8-6-3/h1-2H3,(H,5,7). The van der Waals surface area contributed by atoms with E-state index in [4.69, 9.17) is 0 Å². The minimum Gasteiger partial charge on any atom is -0.371 e. The predicted octanol–water partition coefficient (Wildman–Crippen LogP) is 0.888. The molecule has 0 bridgehead atoms. The van der Waals surface area contributed by atoms with Crippen molar-refractivity contribution in [3.05, 3.63) is 5.69 Å². The maximum Gasteiger partial charge on any atom is 0.162 e. The van der Waals surface area contributed by atoms with Crippen LogP contribution in [0.5, 0.6) is 0 Å². The lowest BCUT2D eigenvalue weighted by Crippen LogP contribution is -1.88. The molecule has 1 heterocycles. The second-order valence-electron chi connectivity index (χ2n) is 1.45. The zero-order valence-electron chi connectivity index (χ0n) is 4.80. The van der Waals surface area contributed by atoms with Gasteiger partial charge < -0.3 is 5.32 Å². The molecule has 0 fully saturated rings. The normalized spacial score (nSPS) is 9.25. The lowest BCUT2D eigenvalue weighted by molar-refractivity contribution is 1.29. The van der Waals surface area contributed by atoms with Crippen LogP contribution in [0.15, 0.2) is 0 Å². The van der Waals surface area contributed by atoms with E-state index in [0.29, 0.717) is 0 Å². The molecule has 1 aromatic heterocycles. The van der Waals surface area contributed by atoms with Crippen LogP contribution in [-0.4, -0.2) is 15.8 Å². The molecule has 0 spiro atoms. The number of hydrogen-bond donors (Lipinski definition) is 1. The Hall–Kier alpha value is -0.640. The molecule has 3 nitrogen and oxygen atoms in total. The van der Waals surface area contributed by atoms with Crippen molar-refractivity contribution in [1.29, 1.82) is 0 Å². The van der Waals surface area contributed by atoms with Crippen LogP contribution in [0.4, 0.5) is 5.82 Å². The zero-order chi connectivity index (χ0) is 5.98. The van der Waals surface area contributed by atoms with Crippen LogP contribution in [-0.2, 0) is 0 Å². The Kier molecular flexibility index (Phi) is 1.43. The summed E-state index contributed by atoms with van der Waals surface area (Å²) in [5, 5.41) is 2.91. The van der Waals surface area contributed by atoms with E-state index in [1.165, 1.54) is 11.7 Å². The zero-order valence-corrected chi connectivity index (χ0v) is 5.62. The molecule has 0 aliphatic rings. The van der Waals surface area contributed by atoms with Crippen molar-refractivity contribution in [2.75, 3.05) is 12.4 Å². The van der Waals surface area contributed by atoms with Crippen molar-refractivity contribution < 1.29 is 0 Å². The maximum absolute atomic E-state index is 3.96. The molecule has 0 aliphatic carbocycles. The highest BCUT2D eigenvalue weighted by atomic mass is 32.1. The summed E-state index contributed by atoms with van der Waals surface area (Å²) in [5.41, 5.74) is 0.970. The first kappa shape index (κ1) is 5.50. The van der Waals surface area contributed by atoms with Crippen molar-refractivity contribution >= 4 is 17.5 Å². The number of nitrogens with one attached hydrogen (secondary N) is 1. The Morgan fingerprint density at radius 3 is 2.50 bits per heavy atom. The topological polar surface area (TPSA) is 37.8 Å². The number of nitrogens with zero attached hydrogens (tertiary/aromatic N) is 2. The molecule has 0 saturated carbocycles. The number of hydrogen-bond acceptors (Lipinski definition) is 4. The van der Waals surface area contributed by atoms with E-state index < -0.39 is 0 Å². The van der Waals surface area contributed by atoms with Gasteiger partial charge in [-0.15, -0.1) is 0 Å². The molecular weight excluding hydrogens is 122 g/mol. The van der Waals surface area contributed by atoms with Gasteiger partial charge in [0.15, 0.2) is 5.82 Å². The molecule has 0 amide bonds. The van der Waals surface area contributed by atoms with E-state index in [2.05, 4.69) is 14.1 Å². The van der Waals surface area contributed by atoms with E-state index in [1.807, 2.05) is 14.0 Å². The Morgan fingerprint density at radius 2 is 2.25 bits per heavy atom. The fourth-order valence-electron chi connectivity index (χ4n) is 0.458. The molecule has 1 N–H and O–H groups in total. The summed E-state index contributed by atoms with van der Waals surface area (Å²) in [7, 11) is 1.84. The van der Waals surface area contributed by atoms with Gasteiger partial charge in [0.25, 0.3) is 0 Å². The van der Waals surface area contributed by atoms with E-state index >= 15 is 0 Å². The molecule has 0 saturated heterocycles. The van der Waals surface area contributed by atoms with Crippen LogP contribution in [0.2, 0.25) is 0 Å². The monoisotopic (exact) mass is 129 g/mol. The molecule has 0 aliphatic heterocycles. The second-order valence-corrected chi connectivity index (χ2v) is 1.98. The summed E-state index contributed by atoms with van der Waals surface area (Å²) in [6.07, 6.45) is 0. The SMILES string of the molecule is CNc1nsnc1C. The molecule has 0 aromatic carbocycles. The number of rotatable bonds is 1. The van der Waals surface area contributed by atoms with Crippen LogP contribution < -0.4 is 5.32 Å². The first-order valence-corrected chi connectivity index (χ1v) is 3.04. The molecule has 0 radical (unpaired) electrons. The van der Waals surface area contributed by atoms with Crippen LogP contribution in [0.1, 0.15) is 5.69 Å². The van der Waals surface area contributed by atoms with Crippen molar-refractivity contribution in [2.45, 2.75) is 6.92 Å². The van der Waals surface area contributed by atoms with Crippen LogP contribution in [0.3, 0.4) is 0 Å². The van der Waals surface area contributed by atoms with Gasteiger partial charge in [0.1, 0.15) is 0 Å². The van der Waals surface area contributed by atoms with E-state index in [1.54, 1.807) is 0 Å². The Balaban J connectivity index is 2.92. The van der Waals surface area contributed by atoms with Gasteiger partial charge in [0.05, 0.1) is 17.4 Å². The minimum absolute atomic E-state index is 0.884. The smallest absolute Gasteiger partial charge is 0.162 e. The summed E-state index contributed by atoms with van der Waals surface area (Å²) in [6.45, 7) is 1.93. The van der Waals surface area contributed by atoms with E-state index in [9.17, 15) is 0 Å². The average Bonchev–Trinajstić information content (AvgIpc) is 2.14. The minimum atomic E-state index is 0.884. The highest BCUT2D eigenvalue weighted by molar-refractivity contribution is 6.99. The fourth-order valence-corrected chi connectivity index (χ4v) is 1.01. The van der Waals surface area contributed by atoms with Crippen molar-refractivity contribution in [3.8, 4) is 0 Å². The average molecular weight is 129 g/mol. The van der Waals surface area contributed by atoms with Crippen LogP contribution >= 0.6 is 11.7 Å². The lowest BCUT2D eigenvalue weighted by atomic mass is 10.5. The van der Waals surface area contributed by atoms with Gasteiger partial charge in [-0.25, -0.2) is 0 Å². The van der Waals surface area contributed by atoms with Gasteiger partial charge in [0, 0.05) is 7.05 Å². The highest BCUT2D eigenvalue weighted by Gasteiger charge is 1.95. The second kappa shape index (κ2) is 2.09. The van der Waals surface area contributed by atoms with Crippen molar-refractivity contribution in [2.24, 2.45) is 0 Å². The molecule has 0 atom stereocenters. The summed E-state index contributed by atoms with van der Waals surface area (Å²) >= 11 is 1.23. The van der Waals surface area contributed by atoms with Crippen molar-refractivity contribution in [1.82, 2.24) is 8.75 Å². The van der Waals surface area contributed by atoms with Gasteiger partial charge >= 0.3 is 0 Å². The Bertz CT molecular complexity index is 172. The summed E-state index contributed by atoms with van der Waals surface area (Å²) in [4.78, 5) is 0. The molecular formula is C4H7N3S. The maximum atomic E-state index is 3.96. The van der Waals surface area contributed by atoms with E-state index in [0.717, 1.165) is 11.5 Å². The van der Waals surface area contributed by atoms with Crippen LogP contribution in [0.25, 0.3) is 0 Å². The fraction of sp³-hybridized carbons (Fsp3) is 0.500. The molecule has 4 heteroatoms. The van der Waals surface area contributed by atoms with Gasteiger partial charge in [0.2, 0.25) is 0 Å². The largest absolute Gasteiger partial charge is 0.371 e. The first-order chi connectivity index (χ1) is 3.84. The molecule has 44 valence electrons. The molecule has 0 unspecified atom stereocenters. The summed E-state index contributed by atoms with van der Waals surface area (Å²) in [6, 6.07) is 0. The van der Waals surface area contributed by atoms with Gasteiger partial charge in [-0.2, -0.15) is 8.75 Å². The summed E-state index contributed by atoms with van der Waals surface area (Å²) < 4.78 is 7.91. The van der Waals surface area contributed by atoms with E-state index in [-0.39, 0.29) is 0 Å². The third-order valence-electron chi connectivity index (χ3n) is 0.889. The number of aryl methyl sites for hydroxylation is 1. The van der Waals surface area contributed by atoms with Gasteiger partial charge in [-0.1, -0.05) is 0 Å². The number of anilines is 1. The van der Waals surface area contributed by atoms with Gasteiger partial charge in [-0.05, 0) is 6.92 Å². The Labute approximate surface area is 52.1 Å². The Morgan fingerprint density at radius 1 is 1.50 bits per heavy atom. The lowest BCUT2D eigenvalue weighted by Gasteiger charge is -1.88. The molecule has 1 rings (SSSR count). The molecule has 8 heavy (non-hydrogen) atoms. The third-order valence-corrected chi connectivity index (χ3v) is 1.51. The van der Waals surface area contributed by atoms with Crippen LogP contribution in [0, 0.1) is 6.92 Å². The third kappa shape index (κ3) is 0.790. The quantitative estimate of drug-likeness (QED) is 0.612. The molecule has 1 aromatic rings. The predicted molar refractivity (Wildman–Crippen MR) is 34.2 cm³/mol. The highest BCUT2D eigenvalue weighted by Crippen LogP contribution is 2.07. The summed E-state index contributed by atoms with van der Waals surface area (Å²) in [5.74, 6) is 0.884.